The number of benzene rings is 2. The normalized spacial score (nSPS) is 17.8. The molecule has 0 radical (unpaired) electrons. The molecule has 1 atom stereocenters. The lowest BCUT2D eigenvalue weighted by molar-refractivity contribution is -0.123. The van der Waals surface area contributed by atoms with E-state index in [4.69, 9.17) is 10.5 Å². The fraction of sp³-hybridized carbons (Fsp3) is 0.452. The van der Waals surface area contributed by atoms with Gasteiger partial charge < -0.3 is 20.7 Å². The number of primary amides is 1. The van der Waals surface area contributed by atoms with Crippen molar-refractivity contribution in [2.45, 2.75) is 65.1 Å². The summed E-state index contributed by atoms with van der Waals surface area (Å²) in [5, 5.41) is 2.93. The third-order valence-electron chi connectivity index (χ3n) is 8.10. The predicted octanol–water partition coefficient (Wildman–Crippen LogP) is 5.78. The van der Waals surface area contributed by atoms with Crippen LogP contribution in [0.3, 0.4) is 0 Å². The Kier molecular flexibility index (Phi) is 8.32. The van der Waals surface area contributed by atoms with Gasteiger partial charge in [0.15, 0.2) is 17.4 Å². The minimum Gasteiger partial charge on any atom is -0.481 e. The summed E-state index contributed by atoms with van der Waals surface area (Å²) in [6, 6.07) is 7.71. The van der Waals surface area contributed by atoms with E-state index < -0.39 is 23.1 Å². The molecule has 3 N–H and O–H groups in total. The quantitative estimate of drug-likeness (QED) is 0.348. The van der Waals surface area contributed by atoms with Crippen LogP contribution in [0.2, 0.25) is 0 Å². The molecule has 42 heavy (non-hydrogen) atoms. The lowest BCUT2D eigenvalue weighted by Gasteiger charge is -2.44. The van der Waals surface area contributed by atoms with Gasteiger partial charge in [0.05, 0.1) is 18.4 Å². The Morgan fingerprint density at radius 3 is 2.55 bits per heavy atom. The van der Waals surface area contributed by atoms with Gasteiger partial charge in [0, 0.05) is 35.3 Å². The topological polar surface area (TPSA) is 96.6 Å². The van der Waals surface area contributed by atoms with Gasteiger partial charge in [-0.25, -0.2) is 23.1 Å². The van der Waals surface area contributed by atoms with Gasteiger partial charge in [-0.05, 0) is 77.4 Å². The van der Waals surface area contributed by atoms with E-state index in [2.05, 4.69) is 38.9 Å². The summed E-state index contributed by atoms with van der Waals surface area (Å²) in [6.07, 6.45) is 3.17. The van der Waals surface area contributed by atoms with Crippen LogP contribution in [0.25, 0.3) is 11.3 Å². The van der Waals surface area contributed by atoms with Gasteiger partial charge in [-0.3, -0.25) is 9.69 Å². The number of carbonyl (C=O) groups excluding carboxylic acids is 1. The molecule has 0 bridgehead atoms. The molecule has 3 heterocycles. The Bertz CT molecular complexity index is 1480. The van der Waals surface area contributed by atoms with Crippen LogP contribution in [0.5, 0.6) is 5.75 Å². The number of nitrogens with two attached hydrogens (primary N) is 1. The predicted molar refractivity (Wildman–Crippen MR) is 156 cm³/mol. The number of anilines is 3. The molecule has 1 unspecified atom stereocenters. The molecule has 0 spiro atoms. The lowest BCUT2D eigenvalue weighted by atomic mass is 9.96. The maximum absolute atomic E-state index is 15.4. The molecule has 1 amide bonds. The Hall–Kier alpha value is -3.86. The number of likely N-dealkylation sites (tertiary alicyclic amines) is 1. The van der Waals surface area contributed by atoms with Crippen LogP contribution in [0.4, 0.5) is 30.5 Å². The van der Waals surface area contributed by atoms with Gasteiger partial charge in [0.1, 0.15) is 17.1 Å². The summed E-state index contributed by atoms with van der Waals surface area (Å²) >= 11 is 0. The molecular formula is C31H37F3N6O2. The van der Waals surface area contributed by atoms with Crippen LogP contribution >= 0.6 is 0 Å². The maximum atomic E-state index is 15.4. The summed E-state index contributed by atoms with van der Waals surface area (Å²) in [7, 11) is 0. The van der Waals surface area contributed by atoms with Crippen molar-refractivity contribution < 1.29 is 22.7 Å². The standard InChI is InChI=1S/C31H37F3N6O2/c1-5-18(2)40-17-31(3,4)42-28-24(33)12-21(13-26(28)40)27-25(34)15-36-30(38-27)37-22-7-6-20(23(32)14-22)16-39-10-8-19(9-11-39)29(35)41/h6-7,12-15,18-19H,5,8-11,16-17H2,1-4H3,(H2,35,41)(H,36,37,38). The molecule has 1 fully saturated rings. The van der Waals surface area contributed by atoms with Gasteiger partial charge in [0.2, 0.25) is 11.9 Å². The van der Waals surface area contributed by atoms with E-state index in [1.165, 1.54) is 12.1 Å². The third-order valence-corrected chi connectivity index (χ3v) is 8.10. The first kappa shape index (κ1) is 29.6. The van der Waals surface area contributed by atoms with E-state index in [0.717, 1.165) is 12.6 Å². The molecular weight excluding hydrogens is 545 g/mol. The zero-order valence-corrected chi connectivity index (χ0v) is 24.4. The molecule has 5 rings (SSSR count). The van der Waals surface area contributed by atoms with Crippen molar-refractivity contribution in [3.05, 3.63) is 59.5 Å². The van der Waals surface area contributed by atoms with Crippen LogP contribution in [0.15, 0.2) is 36.5 Å². The van der Waals surface area contributed by atoms with Crippen LogP contribution in [-0.4, -0.2) is 52.1 Å². The number of carbonyl (C=O) groups is 1. The Balaban J connectivity index is 1.36. The maximum Gasteiger partial charge on any atom is 0.227 e. The number of fused-ring (bicyclic) bond motifs is 1. The summed E-state index contributed by atoms with van der Waals surface area (Å²) in [5.74, 6) is -1.97. The molecule has 2 aliphatic rings. The smallest absolute Gasteiger partial charge is 0.227 e. The minimum absolute atomic E-state index is 0.0429. The highest BCUT2D eigenvalue weighted by atomic mass is 19.1. The van der Waals surface area contributed by atoms with Crippen LogP contribution in [-0.2, 0) is 11.3 Å². The van der Waals surface area contributed by atoms with Crippen molar-refractivity contribution in [1.82, 2.24) is 14.9 Å². The number of hydrogen-bond acceptors (Lipinski definition) is 7. The highest BCUT2D eigenvalue weighted by Crippen LogP contribution is 2.43. The zero-order chi connectivity index (χ0) is 30.2. The number of piperidine rings is 1. The van der Waals surface area contributed by atoms with E-state index >= 15 is 13.2 Å². The van der Waals surface area contributed by atoms with Crippen molar-refractivity contribution in [3.8, 4) is 17.0 Å². The van der Waals surface area contributed by atoms with Crippen molar-refractivity contribution in [3.63, 3.8) is 0 Å². The van der Waals surface area contributed by atoms with Crippen LogP contribution in [0, 0.1) is 23.4 Å². The van der Waals surface area contributed by atoms with E-state index in [1.54, 1.807) is 18.2 Å². The highest BCUT2D eigenvalue weighted by Gasteiger charge is 2.36. The monoisotopic (exact) mass is 582 g/mol. The molecule has 3 aromatic rings. The van der Waals surface area contributed by atoms with E-state index in [-0.39, 0.29) is 40.8 Å². The minimum atomic E-state index is -0.714. The number of hydrogen-bond donors (Lipinski definition) is 2. The first-order chi connectivity index (χ1) is 19.9. The number of amides is 1. The summed E-state index contributed by atoms with van der Waals surface area (Å²) in [6.45, 7) is 10.2. The second-order valence-corrected chi connectivity index (χ2v) is 11.8. The van der Waals surface area contributed by atoms with Crippen molar-refractivity contribution >= 4 is 23.2 Å². The number of rotatable bonds is 8. The Morgan fingerprint density at radius 1 is 1.14 bits per heavy atom. The first-order valence-corrected chi connectivity index (χ1v) is 14.3. The van der Waals surface area contributed by atoms with E-state index in [1.807, 2.05) is 13.8 Å². The van der Waals surface area contributed by atoms with Crippen LogP contribution in [0.1, 0.15) is 52.5 Å². The summed E-state index contributed by atoms with van der Waals surface area (Å²) < 4.78 is 51.4. The first-order valence-electron chi connectivity index (χ1n) is 14.3. The highest BCUT2D eigenvalue weighted by molar-refractivity contribution is 5.76. The van der Waals surface area contributed by atoms with Crippen LogP contribution < -0.4 is 20.7 Å². The number of ether oxygens (including phenoxy) is 1. The molecule has 11 heteroatoms. The zero-order valence-electron chi connectivity index (χ0n) is 24.4. The average Bonchev–Trinajstić information content (AvgIpc) is 2.95. The van der Waals surface area contributed by atoms with Gasteiger partial charge in [-0.15, -0.1) is 0 Å². The van der Waals surface area contributed by atoms with Gasteiger partial charge >= 0.3 is 0 Å². The molecule has 0 saturated carbocycles. The molecule has 0 aliphatic carbocycles. The fourth-order valence-corrected chi connectivity index (χ4v) is 5.58. The Labute approximate surface area is 244 Å². The van der Waals surface area contributed by atoms with E-state index in [9.17, 15) is 4.79 Å². The molecule has 1 aromatic heterocycles. The van der Waals surface area contributed by atoms with Gasteiger partial charge in [0.25, 0.3) is 0 Å². The van der Waals surface area contributed by atoms with Crippen molar-refractivity contribution in [1.29, 1.82) is 0 Å². The summed E-state index contributed by atoms with van der Waals surface area (Å²) in [5.41, 5.74) is 6.41. The number of aromatic nitrogens is 2. The average molecular weight is 583 g/mol. The fourth-order valence-electron chi connectivity index (χ4n) is 5.58. The molecule has 2 aromatic carbocycles. The molecule has 8 nitrogen and oxygen atoms in total. The second-order valence-electron chi connectivity index (χ2n) is 11.8. The SMILES string of the molecule is CCC(C)N1CC(C)(C)Oc2c(F)cc(-c3nc(Nc4ccc(CN5CCC(C(N)=O)CC5)c(F)c4)ncc3F)cc21. The lowest BCUT2D eigenvalue weighted by Crippen LogP contribution is -2.50. The molecule has 224 valence electrons. The number of nitrogens with one attached hydrogen (secondary N) is 1. The van der Waals surface area contributed by atoms with E-state index in [0.29, 0.717) is 56.0 Å². The molecule has 2 aliphatic heterocycles. The summed E-state index contributed by atoms with van der Waals surface area (Å²) in [4.78, 5) is 23.9. The van der Waals surface area contributed by atoms with Crippen molar-refractivity contribution in [2.75, 3.05) is 29.9 Å². The van der Waals surface area contributed by atoms with Gasteiger partial charge in [-0.1, -0.05) is 13.0 Å². The largest absolute Gasteiger partial charge is 0.481 e. The van der Waals surface area contributed by atoms with Gasteiger partial charge in [-0.2, -0.15) is 0 Å². The molecule has 1 saturated heterocycles. The van der Waals surface area contributed by atoms with Crippen molar-refractivity contribution in [2.24, 2.45) is 11.7 Å². The number of nitrogens with zero attached hydrogens (tertiary/aromatic N) is 4. The number of halogens is 3. The third kappa shape index (κ3) is 6.30. The Morgan fingerprint density at radius 2 is 1.88 bits per heavy atom. The second kappa shape index (κ2) is 11.8.